The summed E-state index contributed by atoms with van der Waals surface area (Å²) in [4.78, 5) is 12.7. The number of carbonyl (C=O) groups is 1. The third-order valence-electron chi connectivity index (χ3n) is 2.45. The van der Waals surface area contributed by atoms with Gasteiger partial charge in [0, 0.05) is 24.3 Å². The molecule has 0 saturated heterocycles. The number of hydrogen-bond donors (Lipinski definition) is 1. The highest BCUT2D eigenvalue weighted by Gasteiger charge is 2.06. The smallest absolute Gasteiger partial charge is 0.150 e. The minimum absolute atomic E-state index is 0.142. The monoisotopic (exact) mass is 207 g/mol. The maximum absolute atomic E-state index is 10.6. The molecule has 0 saturated carbocycles. The molecule has 1 rings (SSSR count). The number of likely N-dealkylation sites (N-methyl/N-ethyl adjacent to an activating group) is 1. The quantitative estimate of drug-likeness (QED) is 0.746. The lowest BCUT2D eigenvalue weighted by molar-refractivity contribution is 0.112. The fraction of sp³-hybridized carbons (Fsp3) is 0.417. The molecule has 0 amide bonds. The van der Waals surface area contributed by atoms with Crippen molar-refractivity contribution in [2.75, 3.05) is 24.6 Å². The van der Waals surface area contributed by atoms with Crippen LogP contribution in [-0.2, 0) is 0 Å². The Kier molecular flexibility index (Phi) is 4.31. The molecule has 0 radical (unpaired) electrons. The largest absolute Gasteiger partial charge is 0.395 e. The molecule has 0 bridgehead atoms. The predicted octanol–water partition coefficient (Wildman–Crippen LogP) is 1.63. The molecule has 0 aliphatic rings. The molecule has 1 aromatic rings. The number of carbonyl (C=O) groups excluding carboxylic acids is 1. The SMILES string of the molecule is CCN(CCO)c1ccc(C=O)cc1C. The van der Waals surface area contributed by atoms with Gasteiger partial charge in [-0.3, -0.25) is 4.79 Å². The molecular weight excluding hydrogens is 190 g/mol. The number of rotatable bonds is 5. The summed E-state index contributed by atoms with van der Waals surface area (Å²) in [6, 6.07) is 5.59. The van der Waals surface area contributed by atoms with Crippen molar-refractivity contribution in [2.45, 2.75) is 13.8 Å². The predicted molar refractivity (Wildman–Crippen MR) is 61.5 cm³/mol. The van der Waals surface area contributed by atoms with E-state index in [-0.39, 0.29) is 6.61 Å². The van der Waals surface area contributed by atoms with Crippen LogP contribution in [0.2, 0.25) is 0 Å². The van der Waals surface area contributed by atoms with Gasteiger partial charge in [-0.15, -0.1) is 0 Å². The van der Waals surface area contributed by atoms with Crippen molar-refractivity contribution in [2.24, 2.45) is 0 Å². The molecule has 3 heteroatoms. The molecule has 0 aliphatic heterocycles. The summed E-state index contributed by atoms with van der Waals surface area (Å²) in [6.45, 7) is 5.63. The normalized spacial score (nSPS) is 10.1. The molecule has 0 atom stereocenters. The van der Waals surface area contributed by atoms with Crippen molar-refractivity contribution >= 4 is 12.0 Å². The lowest BCUT2D eigenvalue weighted by Gasteiger charge is -2.24. The first-order chi connectivity index (χ1) is 7.22. The van der Waals surface area contributed by atoms with Crippen LogP contribution in [0.15, 0.2) is 18.2 Å². The summed E-state index contributed by atoms with van der Waals surface area (Å²) in [5, 5.41) is 8.92. The number of aliphatic hydroxyl groups is 1. The average molecular weight is 207 g/mol. The summed E-state index contributed by atoms with van der Waals surface area (Å²) >= 11 is 0. The van der Waals surface area contributed by atoms with E-state index in [1.54, 1.807) is 6.07 Å². The van der Waals surface area contributed by atoms with E-state index in [2.05, 4.69) is 4.90 Å². The van der Waals surface area contributed by atoms with Crippen LogP contribution in [0, 0.1) is 6.92 Å². The van der Waals surface area contributed by atoms with Crippen molar-refractivity contribution in [3.8, 4) is 0 Å². The Balaban J connectivity index is 2.97. The molecule has 0 heterocycles. The highest BCUT2D eigenvalue weighted by atomic mass is 16.3. The first kappa shape index (κ1) is 11.7. The number of anilines is 1. The molecule has 1 aromatic carbocycles. The van der Waals surface area contributed by atoms with Crippen LogP contribution in [-0.4, -0.2) is 31.1 Å². The molecule has 0 unspecified atom stereocenters. The van der Waals surface area contributed by atoms with Crippen molar-refractivity contribution in [3.05, 3.63) is 29.3 Å². The van der Waals surface area contributed by atoms with Crippen LogP contribution in [0.5, 0.6) is 0 Å². The number of hydrogen-bond acceptors (Lipinski definition) is 3. The van der Waals surface area contributed by atoms with E-state index in [1.165, 1.54) is 0 Å². The highest BCUT2D eigenvalue weighted by Crippen LogP contribution is 2.20. The Morgan fingerprint density at radius 1 is 1.47 bits per heavy atom. The maximum atomic E-state index is 10.6. The Labute approximate surface area is 90.3 Å². The van der Waals surface area contributed by atoms with Crippen LogP contribution >= 0.6 is 0 Å². The number of aliphatic hydroxyl groups excluding tert-OH is 1. The third-order valence-corrected chi connectivity index (χ3v) is 2.45. The van der Waals surface area contributed by atoms with Crippen LogP contribution in [0.1, 0.15) is 22.8 Å². The Morgan fingerprint density at radius 2 is 2.20 bits per heavy atom. The lowest BCUT2D eigenvalue weighted by Crippen LogP contribution is -2.26. The second-order valence-electron chi connectivity index (χ2n) is 3.47. The minimum atomic E-state index is 0.142. The van der Waals surface area contributed by atoms with E-state index in [1.807, 2.05) is 26.0 Å². The van der Waals surface area contributed by atoms with Gasteiger partial charge in [0.25, 0.3) is 0 Å². The van der Waals surface area contributed by atoms with Crippen LogP contribution in [0.4, 0.5) is 5.69 Å². The average Bonchev–Trinajstić information content (AvgIpc) is 2.26. The van der Waals surface area contributed by atoms with Gasteiger partial charge in [0.15, 0.2) is 0 Å². The topological polar surface area (TPSA) is 40.5 Å². The highest BCUT2D eigenvalue weighted by molar-refractivity contribution is 5.76. The molecule has 0 aliphatic carbocycles. The zero-order valence-corrected chi connectivity index (χ0v) is 9.23. The lowest BCUT2D eigenvalue weighted by atomic mass is 10.1. The van der Waals surface area contributed by atoms with Gasteiger partial charge in [0.2, 0.25) is 0 Å². The summed E-state index contributed by atoms with van der Waals surface area (Å²) in [6.07, 6.45) is 0.846. The zero-order chi connectivity index (χ0) is 11.3. The minimum Gasteiger partial charge on any atom is -0.395 e. The van der Waals surface area contributed by atoms with Gasteiger partial charge in [-0.1, -0.05) is 0 Å². The van der Waals surface area contributed by atoms with Gasteiger partial charge in [-0.2, -0.15) is 0 Å². The van der Waals surface area contributed by atoms with E-state index < -0.39 is 0 Å². The van der Waals surface area contributed by atoms with E-state index in [9.17, 15) is 4.79 Å². The van der Waals surface area contributed by atoms with E-state index in [4.69, 9.17) is 5.11 Å². The second kappa shape index (κ2) is 5.51. The summed E-state index contributed by atoms with van der Waals surface area (Å²) in [7, 11) is 0. The van der Waals surface area contributed by atoms with E-state index >= 15 is 0 Å². The third kappa shape index (κ3) is 2.80. The first-order valence-electron chi connectivity index (χ1n) is 5.14. The van der Waals surface area contributed by atoms with Crippen LogP contribution < -0.4 is 4.90 Å². The Morgan fingerprint density at radius 3 is 2.67 bits per heavy atom. The molecule has 3 nitrogen and oxygen atoms in total. The van der Waals surface area contributed by atoms with E-state index in [0.29, 0.717) is 12.1 Å². The van der Waals surface area contributed by atoms with Gasteiger partial charge in [-0.25, -0.2) is 0 Å². The molecular formula is C12H17NO2. The number of aryl methyl sites for hydroxylation is 1. The van der Waals surface area contributed by atoms with Gasteiger partial charge < -0.3 is 10.0 Å². The molecule has 1 N–H and O–H groups in total. The number of benzene rings is 1. The Bertz CT molecular complexity index is 336. The first-order valence-corrected chi connectivity index (χ1v) is 5.14. The van der Waals surface area contributed by atoms with Crippen LogP contribution in [0.25, 0.3) is 0 Å². The second-order valence-corrected chi connectivity index (χ2v) is 3.47. The Hall–Kier alpha value is -1.35. The fourth-order valence-corrected chi connectivity index (χ4v) is 1.68. The van der Waals surface area contributed by atoms with Crippen molar-refractivity contribution < 1.29 is 9.90 Å². The maximum Gasteiger partial charge on any atom is 0.150 e. The molecule has 0 aromatic heterocycles. The summed E-state index contributed by atoms with van der Waals surface area (Å²) < 4.78 is 0. The van der Waals surface area contributed by atoms with Gasteiger partial charge in [-0.05, 0) is 37.6 Å². The van der Waals surface area contributed by atoms with Crippen molar-refractivity contribution in [3.63, 3.8) is 0 Å². The summed E-state index contributed by atoms with van der Waals surface area (Å²) in [5.74, 6) is 0. The van der Waals surface area contributed by atoms with E-state index in [0.717, 1.165) is 24.1 Å². The van der Waals surface area contributed by atoms with Crippen molar-refractivity contribution in [1.82, 2.24) is 0 Å². The van der Waals surface area contributed by atoms with Crippen LogP contribution in [0.3, 0.4) is 0 Å². The van der Waals surface area contributed by atoms with Gasteiger partial charge in [0.1, 0.15) is 6.29 Å². The molecule has 0 spiro atoms. The fourth-order valence-electron chi connectivity index (χ4n) is 1.68. The summed E-state index contributed by atoms with van der Waals surface area (Å²) in [5.41, 5.74) is 2.84. The van der Waals surface area contributed by atoms with Gasteiger partial charge >= 0.3 is 0 Å². The molecule has 0 fully saturated rings. The number of nitrogens with zero attached hydrogens (tertiary/aromatic N) is 1. The molecule has 15 heavy (non-hydrogen) atoms. The van der Waals surface area contributed by atoms with Gasteiger partial charge in [0.05, 0.1) is 6.61 Å². The standard InChI is InChI=1S/C12H17NO2/c1-3-13(6-7-14)12-5-4-11(9-15)8-10(12)2/h4-5,8-9,14H,3,6-7H2,1-2H3. The zero-order valence-electron chi connectivity index (χ0n) is 9.23. The number of aldehydes is 1. The van der Waals surface area contributed by atoms with Crippen molar-refractivity contribution in [1.29, 1.82) is 0 Å². The molecule has 82 valence electrons.